The number of aromatic nitrogens is 2. The molecular weight excluding hydrogens is 516 g/mol. The van der Waals surface area contributed by atoms with Crippen LogP contribution >= 0.6 is 0 Å². The largest absolute Gasteiger partial charge is 0.393 e. The molecule has 216 valence electrons. The summed E-state index contributed by atoms with van der Waals surface area (Å²) in [6.07, 6.45) is 3.35. The molecule has 10 heteroatoms. The van der Waals surface area contributed by atoms with E-state index in [0.717, 1.165) is 37.4 Å². The van der Waals surface area contributed by atoms with Crippen molar-refractivity contribution in [2.24, 2.45) is 5.73 Å². The Labute approximate surface area is 241 Å². The molecule has 0 spiro atoms. The Hall–Kier alpha value is -3.73. The van der Waals surface area contributed by atoms with Crippen LogP contribution in [-0.4, -0.2) is 95.3 Å². The zero-order valence-electron chi connectivity index (χ0n) is 23.7. The fourth-order valence-electron chi connectivity index (χ4n) is 6.06. The number of benzene rings is 2. The smallest absolute Gasteiger partial charge is 0.271 e. The lowest BCUT2D eigenvalue weighted by Crippen LogP contribution is -2.52. The molecule has 0 radical (unpaired) electrons. The highest BCUT2D eigenvalue weighted by molar-refractivity contribution is 5.97. The normalized spacial score (nSPS) is 22.2. The Morgan fingerprint density at radius 2 is 1.59 bits per heavy atom. The zero-order valence-corrected chi connectivity index (χ0v) is 23.7. The zero-order chi connectivity index (χ0) is 28.3. The van der Waals surface area contributed by atoms with Gasteiger partial charge in [0.15, 0.2) is 17.3 Å². The highest BCUT2D eigenvalue weighted by atomic mass is 16.3. The average Bonchev–Trinajstić information content (AvgIpc) is 2.98. The van der Waals surface area contributed by atoms with E-state index in [4.69, 9.17) is 10.7 Å². The number of piperazine rings is 1. The maximum Gasteiger partial charge on any atom is 0.271 e. The quantitative estimate of drug-likeness (QED) is 0.331. The van der Waals surface area contributed by atoms with Crippen molar-refractivity contribution in [3.63, 3.8) is 0 Å². The van der Waals surface area contributed by atoms with Crippen LogP contribution in [-0.2, 0) is 0 Å². The van der Waals surface area contributed by atoms with Gasteiger partial charge in [0.25, 0.3) is 5.91 Å². The Morgan fingerprint density at radius 1 is 0.902 bits per heavy atom. The summed E-state index contributed by atoms with van der Waals surface area (Å²) in [6.45, 7) is 6.76. The first-order valence-electron chi connectivity index (χ1n) is 14.7. The predicted molar refractivity (Wildman–Crippen MR) is 163 cm³/mol. The van der Waals surface area contributed by atoms with Crippen LogP contribution in [0.3, 0.4) is 0 Å². The average molecular weight is 557 g/mol. The second kappa shape index (κ2) is 12.0. The van der Waals surface area contributed by atoms with E-state index in [-0.39, 0.29) is 17.8 Å². The molecule has 3 heterocycles. The minimum Gasteiger partial charge on any atom is -0.393 e. The topological polar surface area (TPSA) is 123 Å². The van der Waals surface area contributed by atoms with Gasteiger partial charge in [-0.25, -0.2) is 9.97 Å². The van der Waals surface area contributed by atoms with Crippen LogP contribution in [0, 0.1) is 0 Å². The fraction of sp³-hybridized carbons (Fsp3) is 0.452. The number of nitrogens with zero attached hydrogens (tertiary/aromatic N) is 5. The second-order valence-electron chi connectivity index (χ2n) is 11.5. The standard InChI is InChI=1S/C31H40N8O2/c1-37-15-17-39(18-16-37)25-11-13-38(14-12-25)24-9-7-22(8-10-24)33-31-28(29(32)41)35-27(21-5-3-2-4-6-21)30(36-31)34-23-19-26(40)20-23/h2-10,23,25-26,40H,11-20H2,1H3,(H2,32,41)(H2,33,34,36)/t23-,26+. The van der Waals surface area contributed by atoms with Gasteiger partial charge in [0.1, 0.15) is 5.69 Å². The van der Waals surface area contributed by atoms with E-state index in [1.54, 1.807) is 0 Å². The van der Waals surface area contributed by atoms with Crippen molar-refractivity contribution in [1.29, 1.82) is 0 Å². The highest BCUT2D eigenvalue weighted by Crippen LogP contribution is 2.33. The fourth-order valence-corrected chi connectivity index (χ4v) is 6.06. The third-order valence-electron chi connectivity index (χ3n) is 8.64. The van der Waals surface area contributed by atoms with Crippen LogP contribution in [0.2, 0.25) is 0 Å². The van der Waals surface area contributed by atoms with Crippen molar-refractivity contribution in [3.8, 4) is 11.3 Å². The van der Waals surface area contributed by atoms with Crippen molar-refractivity contribution in [1.82, 2.24) is 19.8 Å². The molecule has 1 aliphatic carbocycles. The van der Waals surface area contributed by atoms with Crippen LogP contribution in [0.5, 0.6) is 0 Å². The molecule has 2 aromatic carbocycles. The van der Waals surface area contributed by atoms with Gasteiger partial charge in [-0.2, -0.15) is 0 Å². The molecule has 3 fully saturated rings. The maximum absolute atomic E-state index is 12.5. The molecule has 1 saturated carbocycles. The number of nitrogens with one attached hydrogen (secondary N) is 2. The van der Waals surface area contributed by atoms with Crippen LogP contribution < -0.4 is 21.3 Å². The number of piperidine rings is 1. The molecule has 3 aromatic rings. The number of nitrogens with two attached hydrogens (primary N) is 1. The molecule has 6 rings (SSSR count). The number of primary amides is 1. The van der Waals surface area contributed by atoms with E-state index in [2.05, 4.69) is 49.5 Å². The van der Waals surface area contributed by atoms with Crippen molar-refractivity contribution in [3.05, 3.63) is 60.3 Å². The first kappa shape index (κ1) is 27.4. The molecule has 2 saturated heterocycles. The third kappa shape index (κ3) is 6.29. The lowest BCUT2D eigenvalue weighted by atomic mass is 9.89. The molecule has 3 aliphatic rings. The number of carbonyl (C=O) groups excluding carboxylic acids is 1. The lowest BCUT2D eigenvalue weighted by Gasteiger charge is -2.42. The number of aliphatic hydroxyl groups excluding tert-OH is 1. The predicted octanol–water partition coefficient (Wildman–Crippen LogP) is 3.14. The number of anilines is 4. The SMILES string of the molecule is CN1CCN(C2CCN(c3ccc(Nc4nc(N[C@H]5C[C@@H](O)C5)c(-c5ccccc5)nc4C(N)=O)cc3)CC2)CC1. The molecular formula is C31H40N8O2. The molecule has 0 bridgehead atoms. The van der Waals surface area contributed by atoms with E-state index >= 15 is 0 Å². The van der Waals surface area contributed by atoms with Gasteiger partial charge in [-0.15, -0.1) is 0 Å². The Bertz CT molecular complexity index is 1330. The van der Waals surface area contributed by atoms with Crippen molar-refractivity contribution in [2.45, 2.75) is 43.9 Å². The van der Waals surface area contributed by atoms with Gasteiger partial charge in [0.2, 0.25) is 0 Å². The second-order valence-corrected chi connectivity index (χ2v) is 11.5. The van der Waals surface area contributed by atoms with Gasteiger partial charge in [-0.3, -0.25) is 9.69 Å². The van der Waals surface area contributed by atoms with E-state index in [1.165, 1.54) is 31.6 Å². The molecule has 0 unspecified atom stereocenters. The molecule has 41 heavy (non-hydrogen) atoms. The van der Waals surface area contributed by atoms with E-state index in [1.807, 2.05) is 42.5 Å². The molecule has 0 atom stereocenters. The number of likely N-dealkylation sites (N-methyl/N-ethyl adjacent to an activating group) is 1. The van der Waals surface area contributed by atoms with E-state index in [9.17, 15) is 9.90 Å². The van der Waals surface area contributed by atoms with Gasteiger partial charge in [-0.05, 0) is 57.0 Å². The van der Waals surface area contributed by atoms with Gasteiger partial charge in [-0.1, -0.05) is 30.3 Å². The summed E-state index contributed by atoms with van der Waals surface area (Å²) in [6, 6.07) is 18.6. The summed E-state index contributed by atoms with van der Waals surface area (Å²) in [5, 5.41) is 16.5. The van der Waals surface area contributed by atoms with E-state index < -0.39 is 5.91 Å². The first-order chi connectivity index (χ1) is 19.9. The number of hydrogen-bond acceptors (Lipinski definition) is 9. The Kier molecular flexibility index (Phi) is 8.04. The summed E-state index contributed by atoms with van der Waals surface area (Å²) in [5.41, 5.74) is 9.23. The third-order valence-corrected chi connectivity index (χ3v) is 8.64. The van der Waals surface area contributed by atoms with E-state index in [0.29, 0.717) is 36.2 Å². The number of rotatable bonds is 8. The summed E-state index contributed by atoms with van der Waals surface area (Å²) in [7, 11) is 2.21. The number of carbonyl (C=O) groups is 1. The van der Waals surface area contributed by atoms with Crippen molar-refractivity contribution >= 4 is 28.9 Å². The van der Waals surface area contributed by atoms with Crippen LogP contribution in [0.25, 0.3) is 11.3 Å². The number of aliphatic hydroxyl groups is 1. The first-order valence-corrected chi connectivity index (χ1v) is 14.7. The minimum absolute atomic E-state index is 0.0816. The molecule has 2 aliphatic heterocycles. The lowest BCUT2D eigenvalue weighted by molar-refractivity contribution is 0.0835. The molecule has 1 aromatic heterocycles. The number of amides is 1. The Balaban J connectivity index is 1.17. The van der Waals surface area contributed by atoms with Crippen molar-refractivity contribution in [2.75, 3.05) is 61.8 Å². The van der Waals surface area contributed by atoms with Gasteiger partial charge in [0.05, 0.1) is 6.10 Å². The summed E-state index contributed by atoms with van der Waals surface area (Å²) >= 11 is 0. The molecule has 5 N–H and O–H groups in total. The van der Waals surface area contributed by atoms with Crippen LogP contribution in [0.4, 0.5) is 23.0 Å². The molecule has 1 amide bonds. The molecule has 10 nitrogen and oxygen atoms in total. The van der Waals surface area contributed by atoms with Gasteiger partial charge < -0.3 is 31.3 Å². The van der Waals surface area contributed by atoms with Crippen LogP contribution in [0.15, 0.2) is 54.6 Å². The highest BCUT2D eigenvalue weighted by Gasteiger charge is 2.30. The summed E-state index contributed by atoms with van der Waals surface area (Å²) in [4.78, 5) is 29.5. The van der Waals surface area contributed by atoms with Gasteiger partial charge in [0, 0.05) is 68.3 Å². The van der Waals surface area contributed by atoms with Crippen molar-refractivity contribution < 1.29 is 9.90 Å². The van der Waals surface area contributed by atoms with Crippen LogP contribution in [0.1, 0.15) is 36.2 Å². The maximum atomic E-state index is 12.5. The van der Waals surface area contributed by atoms with Gasteiger partial charge >= 0.3 is 0 Å². The Morgan fingerprint density at radius 3 is 2.22 bits per heavy atom. The monoisotopic (exact) mass is 556 g/mol. The summed E-state index contributed by atoms with van der Waals surface area (Å²) in [5.74, 6) is 0.211. The summed E-state index contributed by atoms with van der Waals surface area (Å²) < 4.78 is 0. The number of hydrogen-bond donors (Lipinski definition) is 4. The minimum atomic E-state index is -0.650.